The summed E-state index contributed by atoms with van der Waals surface area (Å²) in [7, 11) is -4.01. The van der Waals surface area contributed by atoms with Gasteiger partial charge in [0.05, 0.1) is 22.0 Å². The van der Waals surface area contributed by atoms with Gasteiger partial charge in [-0.2, -0.15) is 0 Å². The molecule has 0 radical (unpaired) electrons. The van der Waals surface area contributed by atoms with Crippen molar-refractivity contribution in [3.05, 3.63) is 97.9 Å². The van der Waals surface area contributed by atoms with E-state index in [9.17, 15) is 18.0 Å². The average Bonchev–Trinajstić information content (AvgIpc) is 2.92. The van der Waals surface area contributed by atoms with Crippen molar-refractivity contribution in [3.63, 3.8) is 0 Å². The van der Waals surface area contributed by atoms with Crippen LogP contribution in [0.25, 0.3) is 0 Å². The zero-order chi connectivity index (χ0) is 30.2. The fraction of sp³-hybridized carbons (Fsp3) is 0.310. The van der Waals surface area contributed by atoms with E-state index in [2.05, 4.69) is 5.32 Å². The maximum atomic E-state index is 14.1. The smallest absolute Gasteiger partial charge is 0.244 e. The van der Waals surface area contributed by atoms with Crippen molar-refractivity contribution in [2.24, 2.45) is 0 Å². The zero-order valence-electron chi connectivity index (χ0n) is 22.6. The van der Waals surface area contributed by atoms with E-state index in [-0.39, 0.29) is 34.6 Å². The average molecular weight is 659 g/mol. The first-order chi connectivity index (χ1) is 19.4. The van der Waals surface area contributed by atoms with Crippen LogP contribution in [0.4, 0.5) is 5.69 Å². The second kappa shape index (κ2) is 15.1. The lowest BCUT2D eigenvalue weighted by molar-refractivity contribution is -0.140. The standard InChI is InChI=1S/C29H31Cl4N3O4S/c1-3-4-16-34-29(38)26(17-20-10-6-5-7-11-20)35(18-21-22(30)12-8-13-23(21)31)27(37)19-36(41(2,39)40)25-15-9-14-24(32)28(25)33/h5-15,26H,3-4,16-19H2,1-2H3,(H,34,38)/t26-/m1/s1. The number of hydrogen-bond donors (Lipinski definition) is 1. The molecule has 0 aliphatic rings. The normalized spacial score (nSPS) is 12.0. The molecule has 3 rings (SSSR count). The molecule has 1 atom stereocenters. The van der Waals surface area contributed by atoms with Gasteiger partial charge < -0.3 is 10.2 Å². The van der Waals surface area contributed by atoms with E-state index >= 15 is 0 Å². The summed E-state index contributed by atoms with van der Waals surface area (Å²) in [5.74, 6) is -1.04. The number of carbonyl (C=O) groups excluding carboxylic acids is 2. The summed E-state index contributed by atoms with van der Waals surface area (Å²) < 4.78 is 26.7. The Kier molecular flexibility index (Phi) is 12.2. The Labute approximate surface area is 261 Å². The predicted octanol–water partition coefficient (Wildman–Crippen LogP) is 6.62. The molecule has 0 spiro atoms. The van der Waals surface area contributed by atoms with Crippen LogP contribution in [0.2, 0.25) is 20.1 Å². The Morgan fingerprint density at radius 1 is 0.878 bits per heavy atom. The maximum Gasteiger partial charge on any atom is 0.244 e. The number of nitrogens with one attached hydrogen (secondary N) is 1. The van der Waals surface area contributed by atoms with Crippen molar-refractivity contribution in [2.45, 2.75) is 38.8 Å². The molecule has 41 heavy (non-hydrogen) atoms. The van der Waals surface area contributed by atoms with E-state index in [0.717, 1.165) is 29.0 Å². The van der Waals surface area contributed by atoms with Crippen molar-refractivity contribution in [1.29, 1.82) is 0 Å². The summed E-state index contributed by atoms with van der Waals surface area (Å²) in [6.07, 6.45) is 2.75. The van der Waals surface area contributed by atoms with Crippen LogP contribution in [-0.4, -0.2) is 50.5 Å². The van der Waals surface area contributed by atoms with E-state index < -0.39 is 28.5 Å². The van der Waals surface area contributed by atoms with Crippen LogP contribution < -0.4 is 9.62 Å². The van der Waals surface area contributed by atoms with E-state index in [1.165, 1.54) is 23.1 Å². The van der Waals surface area contributed by atoms with Gasteiger partial charge in [-0.3, -0.25) is 13.9 Å². The van der Waals surface area contributed by atoms with Gasteiger partial charge in [0.25, 0.3) is 0 Å². The number of benzene rings is 3. The molecule has 0 bridgehead atoms. The second-order valence-corrected chi connectivity index (χ2v) is 12.9. The van der Waals surface area contributed by atoms with Crippen molar-refractivity contribution in [2.75, 3.05) is 23.7 Å². The summed E-state index contributed by atoms with van der Waals surface area (Å²) in [6, 6.07) is 17.7. The van der Waals surface area contributed by atoms with Gasteiger partial charge in [0.1, 0.15) is 12.6 Å². The van der Waals surface area contributed by atoms with Gasteiger partial charge >= 0.3 is 0 Å². The third-order valence-electron chi connectivity index (χ3n) is 6.37. The van der Waals surface area contributed by atoms with Crippen molar-refractivity contribution < 1.29 is 18.0 Å². The molecule has 0 unspecified atom stereocenters. The molecule has 1 N–H and O–H groups in total. The largest absolute Gasteiger partial charge is 0.354 e. The molecule has 220 valence electrons. The lowest BCUT2D eigenvalue weighted by Crippen LogP contribution is -2.53. The molecule has 2 amide bonds. The Hall–Kier alpha value is -2.49. The molecule has 0 heterocycles. The maximum absolute atomic E-state index is 14.1. The van der Waals surface area contributed by atoms with Gasteiger partial charge in [-0.1, -0.05) is 102 Å². The van der Waals surface area contributed by atoms with Crippen LogP contribution in [0.15, 0.2) is 66.7 Å². The Morgan fingerprint density at radius 2 is 1.49 bits per heavy atom. The number of sulfonamides is 1. The van der Waals surface area contributed by atoms with Gasteiger partial charge in [0, 0.05) is 35.1 Å². The molecule has 7 nitrogen and oxygen atoms in total. The molecule has 0 fully saturated rings. The first kappa shape index (κ1) is 33.0. The Balaban J connectivity index is 2.11. The summed E-state index contributed by atoms with van der Waals surface area (Å²) in [4.78, 5) is 29.1. The highest BCUT2D eigenvalue weighted by atomic mass is 35.5. The molecule has 12 heteroatoms. The van der Waals surface area contributed by atoms with Gasteiger partial charge in [-0.05, 0) is 36.2 Å². The van der Waals surface area contributed by atoms with Crippen molar-refractivity contribution >= 4 is 73.9 Å². The Bertz CT molecular complexity index is 1450. The molecule has 0 aromatic heterocycles. The first-order valence-electron chi connectivity index (χ1n) is 12.9. The van der Waals surface area contributed by atoms with Crippen molar-refractivity contribution in [1.82, 2.24) is 10.2 Å². The summed E-state index contributed by atoms with van der Waals surface area (Å²) in [6.45, 7) is 1.64. The van der Waals surface area contributed by atoms with Gasteiger partial charge in [-0.25, -0.2) is 8.42 Å². The molecule has 0 aliphatic heterocycles. The predicted molar refractivity (Wildman–Crippen MR) is 168 cm³/mol. The number of unbranched alkanes of at least 4 members (excludes halogenated alkanes) is 1. The van der Waals surface area contributed by atoms with Gasteiger partial charge in [0.15, 0.2) is 0 Å². The first-order valence-corrected chi connectivity index (χ1v) is 16.3. The molecular weight excluding hydrogens is 628 g/mol. The third kappa shape index (κ3) is 9.00. The minimum atomic E-state index is -4.01. The van der Waals surface area contributed by atoms with Gasteiger partial charge in [0.2, 0.25) is 21.8 Å². The van der Waals surface area contributed by atoms with Crippen molar-refractivity contribution in [3.8, 4) is 0 Å². The topological polar surface area (TPSA) is 86.8 Å². The number of amides is 2. The Morgan fingerprint density at radius 3 is 2.10 bits per heavy atom. The number of halogens is 4. The number of rotatable bonds is 13. The summed E-state index contributed by atoms with van der Waals surface area (Å²) in [5.41, 5.74) is 1.28. The molecular formula is C29H31Cl4N3O4S. The van der Waals surface area contributed by atoms with Crippen LogP contribution in [0, 0.1) is 0 Å². The van der Waals surface area contributed by atoms with Crippen LogP contribution in [0.3, 0.4) is 0 Å². The molecule has 3 aromatic carbocycles. The highest BCUT2D eigenvalue weighted by molar-refractivity contribution is 7.92. The van der Waals surface area contributed by atoms with E-state index in [4.69, 9.17) is 46.4 Å². The lowest BCUT2D eigenvalue weighted by Gasteiger charge is -2.34. The quantitative estimate of drug-likeness (QED) is 0.209. The van der Waals surface area contributed by atoms with Gasteiger partial charge in [-0.15, -0.1) is 0 Å². The van der Waals surface area contributed by atoms with E-state index in [0.29, 0.717) is 22.2 Å². The summed E-state index contributed by atoms with van der Waals surface area (Å²) in [5, 5.41) is 3.63. The zero-order valence-corrected chi connectivity index (χ0v) is 26.5. The van der Waals surface area contributed by atoms with Crippen LogP contribution >= 0.6 is 46.4 Å². The fourth-order valence-electron chi connectivity index (χ4n) is 4.19. The molecule has 0 aliphatic carbocycles. The van der Waals surface area contributed by atoms with Crippen LogP contribution in [0.5, 0.6) is 0 Å². The number of carbonyl (C=O) groups is 2. The molecule has 0 saturated carbocycles. The SMILES string of the molecule is CCCCNC(=O)[C@@H](Cc1ccccc1)N(Cc1c(Cl)cccc1Cl)C(=O)CN(c1cccc(Cl)c1Cl)S(C)(=O)=O. The van der Waals surface area contributed by atoms with Crippen LogP contribution in [-0.2, 0) is 32.6 Å². The monoisotopic (exact) mass is 657 g/mol. The summed E-state index contributed by atoms with van der Waals surface area (Å²) >= 11 is 25.5. The number of anilines is 1. The van der Waals surface area contributed by atoms with E-state index in [1.54, 1.807) is 18.2 Å². The minimum absolute atomic E-state index is 0.0220. The second-order valence-electron chi connectivity index (χ2n) is 9.41. The lowest BCUT2D eigenvalue weighted by atomic mass is 10.0. The number of hydrogen-bond acceptors (Lipinski definition) is 4. The highest BCUT2D eigenvalue weighted by Crippen LogP contribution is 2.34. The highest BCUT2D eigenvalue weighted by Gasteiger charge is 2.34. The van der Waals surface area contributed by atoms with E-state index in [1.807, 2.05) is 37.3 Å². The minimum Gasteiger partial charge on any atom is -0.354 e. The molecule has 0 saturated heterocycles. The fourth-order valence-corrected chi connectivity index (χ4v) is 6.01. The third-order valence-corrected chi connectivity index (χ3v) is 9.01. The molecule has 3 aromatic rings. The van der Waals surface area contributed by atoms with Crippen LogP contribution in [0.1, 0.15) is 30.9 Å². The number of nitrogens with zero attached hydrogens (tertiary/aromatic N) is 2.